The molecule has 1 heterocycles. The number of likely N-dealkylation sites (N-methyl/N-ethyl adjacent to an activating group) is 2. The molecule has 0 aromatic rings. The molecule has 2 rings (SSSR count). The highest BCUT2D eigenvalue weighted by atomic mass is 16.1. The Labute approximate surface area is 109 Å². The van der Waals surface area contributed by atoms with Crippen LogP contribution in [0.15, 0.2) is 0 Å². The van der Waals surface area contributed by atoms with Crippen molar-refractivity contribution in [1.82, 2.24) is 9.80 Å². The smallest absolute Gasteiger partial charge is 0.239 e. The maximum absolute atomic E-state index is 11.6. The van der Waals surface area contributed by atoms with Gasteiger partial charge in [-0.25, -0.2) is 0 Å². The van der Waals surface area contributed by atoms with Crippen molar-refractivity contribution in [3.8, 4) is 0 Å². The minimum Gasteiger partial charge on any atom is -0.368 e. The number of hydrogen-bond acceptors (Lipinski definition) is 4. The Hall–Kier alpha value is -0.650. The maximum Gasteiger partial charge on any atom is 0.239 e. The van der Waals surface area contributed by atoms with Crippen molar-refractivity contribution in [2.24, 2.45) is 17.4 Å². The molecule has 2 unspecified atom stereocenters. The minimum atomic E-state index is -0.829. The van der Waals surface area contributed by atoms with Gasteiger partial charge in [-0.15, -0.1) is 0 Å². The van der Waals surface area contributed by atoms with Crippen molar-refractivity contribution in [2.45, 2.75) is 37.3 Å². The summed E-state index contributed by atoms with van der Waals surface area (Å²) < 4.78 is 0. The van der Waals surface area contributed by atoms with E-state index < -0.39 is 5.54 Å². The summed E-state index contributed by atoms with van der Waals surface area (Å²) >= 11 is 0. The summed E-state index contributed by atoms with van der Waals surface area (Å²) in [6, 6.07) is 0.491. The van der Waals surface area contributed by atoms with Crippen LogP contribution in [0.1, 0.15) is 25.7 Å². The molecule has 0 aromatic heterocycles. The third-order valence-electron chi connectivity index (χ3n) is 4.50. The Kier molecular flexibility index (Phi) is 3.94. The summed E-state index contributed by atoms with van der Waals surface area (Å²) in [5.41, 5.74) is 10.9. The van der Waals surface area contributed by atoms with Crippen LogP contribution in [0.2, 0.25) is 0 Å². The van der Waals surface area contributed by atoms with E-state index in [4.69, 9.17) is 11.5 Å². The lowest BCUT2D eigenvalue weighted by Crippen LogP contribution is -2.62. The third-order valence-corrected chi connectivity index (χ3v) is 4.50. The summed E-state index contributed by atoms with van der Waals surface area (Å²) in [4.78, 5) is 16.2. The molecule has 1 aliphatic heterocycles. The predicted molar refractivity (Wildman–Crippen MR) is 72.0 cm³/mol. The zero-order valence-corrected chi connectivity index (χ0v) is 11.6. The number of nitrogens with two attached hydrogens (primary N) is 2. The van der Waals surface area contributed by atoms with Crippen molar-refractivity contribution in [2.75, 3.05) is 33.7 Å². The van der Waals surface area contributed by atoms with E-state index in [1.165, 1.54) is 12.8 Å². The fourth-order valence-corrected chi connectivity index (χ4v) is 3.05. The standard InChI is InChI=1S/C13H26N4O/c1-16-7-3-4-11(8-16)17(2)9-13(15,12(14)18)10-5-6-10/h10-11H,3-9,15H2,1-2H3,(H2,14,18). The topological polar surface area (TPSA) is 75.6 Å². The van der Waals surface area contributed by atoms with Crippen molar-refractivity contribution < 1.29 is 4.79 Å². The first-order valence-electron chi connectivity index (χ1n) is 6.91. The van der Waals surface area contributed by atoms with Crippen LogP contribution in [0.3, 0.4) is 0 Å². The number of primary amides is 1. The summed E-state index contributed by atoms with van der Waals surface area (Å²) in [6.45, 7) is 2.80. The fraction of sp³-hybridized carbons (Fsp3) is 0.923. The molecule has 0 radical (unpaired) electrons. The Morgan fingerprint density at radius 1 is 1.44 bits per heavy atom. The molecule has 4 N–H and O–H groups in total. The molecule has 0 spiro atoms. The van der Waals surface area contributed by atoms with Crippen LogP contribution >= 0.6 is 0 Å². The third kappa shape index (κ3) is 2.84. The Morgan fingerprint density at radius 2 is 2.11 bits per heavy atom. The molecular weight excluding hydrogens is 228 g/mol. The van der Waals surface area contributed by atoms with Gasteiger partial charge in [0.25, 0.3) is 0 Å². The van der Waals surface area contributed by atoms with Gasteiger partial charge in [-0.3, -0.25) is 9.69 Å². The molecule has 18 heavy (non-hydrogen) atoms. The van der Waals surface area contributed by atoms with Crippen molar-refractivity contribution in [1.29, 1.82) is 0 Å². The molecule has 0 aromatic carbocycles. The molecular formula is C13H26N4O. The van der Waals surface area contributed by atoms with Crippen molar-refractivity contribution in [3.63, 3.8) is 0 Å². The number of likely N-dealkylation sites (tertiary alicyclic amines) is 1. The molecule has 5 nitrogen and oxygen atoms in total. The molecule has 2 aliphatic rings. The van der Waals surface area contributed by atoms with Crippen LogP contribution in [-0.4, -0.2) is 61.0 Å². The van der Waals surface area contributed by atoms with E-state index in [1.807, 2.05) is 0 Å². The number of piperidine rings is 1. The highest BCUT2D eigenvalue weighted by Crippen LogP contribution is 2.38. The zero-order chi connectivity index (χ0) is 13.3. The average molecular weight is 254 g/mol. The van der Waals surface area contributed by atoms with Gasteiger partial charge < -0.3 is 16.4 Å². The minimum absolute atomic E-state index is 0.291. The van der Waals surface area contributed by atoms with Crippen LogP contribution in [0.5, 0.6) is 0 Å². The molecule has 1 aliphatic carbocycles. The first kappa shape index (κ1) is 13.8. The first-order chi connectivity index (χ1) is 8.43. The number of rotatable bonds is 5. The number of carbonyl (C=O) groups is 1. The molecule has 1 amide bonds. The van der Waals surface area contributed by atoms with Crippen molar-refractivity contribution >= 4 is 5.91 Å². The highest BCUT2D eigenvalue weighted by molar-refractivity contribution is 5.85. The van der Waals surface area contributed by atoms with Gasteiger partial charge in [0, 0.05) is 19.1 Å². The van der Waals surface area contributed by atoms with Gasteiger partial charge in [0.1, 0.15) is 5.54 Å². The summed E-state index contributed by atoms with van der Waals surface area (Å²) in [7, 11) is 4.21. The molecule has 1 saturated carbocycles. The maximum atomic E-state index is 11.6. The van der Waals surface area contributed by atoms with Gasteiger partial charge in [-0.05, 0) is 52.2 Å². The van der Waals surface area contributed by atoms with Gasteiger partial charge in [0.2, 0.25) is 5.91 Å². The average Bonchev–Trinajstić information content (AvgIpc) is 3.12. The molecule has 104 valence electrons. The Balaban J connectivity index is 1.96. The van der Waals surface area contributed by atoms with Crippen LogP contribution in [0.4, 0.5) is 0 Å². The molecule has 1 saturated heterocycles. The largest absolute Gasteiger partial charge is 0.368 e. The van der Waals surface area contributed by atoms with E-state index in [1.54, 1.807) is 0 Å². The van der Waals surface area contributed by atoms with Gasteiger partial charge in [0.15, 0.2) is 0 Å². The predicted octanol–water partition coefficient (Wildman–Crippen LogP) is -0.395. The van der Waals surface area contributed by atoms with Crippen LogP contribution in [0, 0.1) is 5.92 Å². The van der Waals surface area contributed by atoms with Crippen molar-refractivity contribution in [3.05, 3.63) is 0 Å². The van der Waals surface area contributed by atoms with E-state index in [2.05, 4.69) is 23.9 Å². The first-order valence-corrected chi connectivity index (χ1v) is 6.91. The molecule has 5 heteroatoms. The second kappa shape index (κ2) is 5.15. The number of amides is 1. The van der Waals surface area contributed by atoms with Gasteiger partial charge in [-0.2, -0.15) is 0 Å². The normalized spacial score (nSPS) is 29.2. The fourth-order valence-electron chi connectivity index (χ4n) is 3.05. The van der Waals surface area contributed by atoms with E-state index in [9.17, 15) is 4.79 Å². The quantitative estimate of drug-likeness (QED) is 0.700. The summed E-state index contributed by atoms with van der Waals surface area (Å²) in [5, 5.41) is 0. The summed E-state index contributed by atoms with van der Waals surface area (Å²) in [6.07, 6.45) is 4.47. The molecule has 2 atom stereocenters. The van der Waals surface area contributed by atoms with E-state index in [0.29, 0.717) is 18.5 Å². The lowest BCUT2D eigenvalue weighted by Gasteiger charge is -2.39. The lowest BCUT2D eigenvalue weighted by molar-refractivity contribution is -0.124. The lowest BCUT2D eigenvalue weighted by atomic mass is 9.91. The zero-order valence-electron chi connectivity index (χ0n) is 11.6. The second-order valence-electron chi connectivity index (χ2n) is 6.15. The van der Waals surface area contributed by atoms with E-state index in [0.717, 1.165) is 25.9 Å². The van der Waals surface area contributed by atoms with Crippen LogP contribution < -0.4 is 11.5 Å². The SMILES string of the molecule is CN1CCCC(N(C)CC(N)(C(N)=O)C2CC2)C1. The van der Waals surface area contributed by atoms with Gasteiger partial charge in [0.05, 0.1) is 0 Å². The monoisotopic (exact) mass is 254 g/mol. The van der Waals surface area contributed by atoms with E-state index >= 15 is 0 Å². The number of hydrogen-bond donors (Lipinski definition) is 2. The summed E-state index contributed by atoms with van der Waals surface area (Å²) in [5.74, 6) is -0.0558. The van der Waals surface area contributed by atoms with E-state index in [-0.39, 0.29) is 5.91 Å². The van der Waals surface area contributed by atoms with Crippen LogP contribution in [0.25, 0.3) is 0 Å². The Bertz CT molecular complexity index is 318. The highest BCUT2D eigenvalue weighted by Gasteiger charge is 2.48. The molecule has 2 fully saturated rings. The van der Waals surface area contributed by atoms with Crippen LogP contribution in [-0.2, 0) is 4.79 Å². The van der Waals surface area contributed by atoms with Gasteiger partial charge in [-0.1, -0.05) is 0 Å². The van der Waals surface area contributed by atoms with Gasteiger partial charge >= 0.3 is 0 Å². The number of nitrogens with zero attached hydrogens (tertiary/aromatic N) is 2. The Morgan fingerprint density at radius 3 is 2.61 bits per heavy atom. The number of carbonyl (C=O) groups excluding carboxylic acids is 1. The second-order valence-corrected chi connectivity index (χ2v) is 6.15. The molecule has 0 bridgehead atoms.